The molecule has 0 bridgehead atoms. The Labute approximate surface area is 126 Å². The van der Waals surface area contributed by atoms with E-state index in [2.05, 4.69) is 5.32 Å². The van der Waals surface area contributed by atoms with Gasteiger partial charge >= 0.3 is 0 Å². The van der Waals surface area contributed by atoms with E-state index >= 15 is 0 Å². The van der Waals surface area contributed by atoms with Crippen LogP contribution in [0.3, 0.4) is 0 Å². The lowest BCUT2D eigenvalue weighted by Crippen LogP contribution is -2.27. The maximum atomic E-state index is 11.5. The second-order valence-electron chi connectivity index (χ2n) is 3.74. The van der Waals surface area contributed by atoms with E-state index in [4.69, 9.17) is 21.4 Å². The van der Waals surface area contributed by atoms with Crippen molar-refractivity contribution in [2.24, 2.45) is 0 Å². The van der Waals surface area contributed by atoms with Gasteiger partial charge in [-0.2, -0.15) is 0 Å². The van der Waals surface area contributed by atoms with Crippen molar-refractivity contribution in [1.29, 1.82) is 0 Å². The fourth-order valence-electron chi connectivity index (χ4n) is 1.29. The number of ether oxygens (including phenoxy) is 1. The Bertz CT molecular complexity index is 374. The summed E-state index contributed by atoms with van der Waals surface area (Å²) in [5, 5.41) is 11.3. The number of aliphatic hydroxyl groups excluding tert-OH is 1. The maximum absolute atomic E-state index is 11.5. The Morgan fingerprint density at radius 2 is 2.32 bits per heavy atom. The van der Waals surface area contributed by atoms with Gasteiger partial charge in [0.15, 0.2) is 0 Å². The summed E-state index contributed by atoms with van der Waals surface area (Å²) in [6, 6.07) is 3.85. The zero-order chi connectivity index (χ0) is 13.9. The number of aliphatic hydroxyl groups is 1. The average molecular weight is 324 g/mol. The van der Waals surface area contributed by atoms with Crippen molar-refractivity contribution >= 4 is 40.6 Å². The predicted molar refractivity (Wildman–Crippen MR) is 81.0 cm³/mol. The van der Waals surface area contributed by atoms with Crippen molar-refractivity contribution in [1.82, 2.24) is 5.32 Å². The van der Waals surface area contributed by atoms with Crippen LogP contribution in [0.2, 0.25) is 4.34 Å². The number of nitrogens with one attached hydrogen (secondary N) is 1. The SMILES string of the molecule is O=C(CSCc1ccc(Cl)s1)NCCCOCCO. The van der Waals surface area contributed by atoms with Gasteiger partial charge in [-0.05, 0) is 18.6 Å². The fourth-order valence-corrected chi connectivity index (χ4v) is 3.35. The van der Waals surface area contributed by atoms with Crippen LogP contribution < -0.4 is 5.32 Å². The Hall–Kier alpha value is -0.270. The number of halogens is 1. The molecule has 0 radical (unpaired) electrons. The van der Waals surface area contributed by atoms with Crippen molar-refractivity contribution in [2.75, 3.05) is 32.1 Å². The van der Waals surface area contributed by atoms with Crippen molar-refractivity contribution < 1.29 is 14.6 Å². The van der Waals surface area contributed by atoms with E-state index in [0.29, 0.717) is 25.5 Å². The second kappa shape index (κ2) is 10.5. The second-order valence-corrected chi connectivity index (χ2v) is 6.52. The first-order valence-corrected chi connectivity index (χ1v) is 8.34. The lowest BCUT2D eigenvalue weighted by molar-refractivity contribution is -0.118. The Morgan fingerprint density at radius 1 is 1.47 bits per heavy atom. The molecule has 0 spiro atoms. The largest absolute Gasteiger partial charge is 0.394 e. The van der Waals surface area contributed by atoms with E-state index < -0.39 is 0 Å². The minimum Gasteiger partial charge on any atom is -0.394 e. The van der Waals surface area contributed by atoms with E-state index in [1.165, 1.54) is 4.88 Å². The molecule has 0 atom stereocenters. The lowest BCUT2D eigenvalue weighted by atomic mass is 10.4. The molecule has 2 N–H and O–H groups in total. The van der Waals surface area contributed by atoms with E-state index in [1.54, 1.807) is 23.1 Å². The molecule has 0 saturated carbocycles. The van der Waals surface area contributed by atoms with Crippen molar-refractivity contribution in [3.8, 4) is 0 Å². The van der Waals surface area contributed by atoms with Crippen LogP contribution in [0.5, 0.6) is 0 Å². The van der Waals surface area contributed by atoms with Crippen molar-refractivity contribution in [2.45, 2.75) is 12.2 Å². The molecular formula is C12H18ClNO3S2. The minimum atomic E-state index is 0.0369. The molecular weight excluding hydrogens is 306 g/mol. The molecule has 1 amide bonds. The Kier molecular flexibility index (Phi) is 9.28. The molecule has 1 aromatic rings. The minimum absolute atomic E-state index is 0.0369. The van der Waals surface area contributed by atoms with E-state index in [-0.39, 0.29) is 12.5 Å². The van der Waals surface area contributed by atoms with Crippen LogP contribution in [0.4, 0.5) is 0 Å². The first kappa shape index (κ1) is 16.8. The van der Waals surface area contributed by atoms with Crippen LogP contribution in [-0.4, -0.2) is 43.1 Å². The van der Waals surface area contributed by atoms with Gasteiger partial charge in [-0.15, -0.1) is 23.1 Å². The Morgan fingerprint density at radius 3 is 3.00 bits per heavy atom. The topological polar surface area (TPSA) is 58.6 Å². The van der Waals surface area contributed by atoms with Gasteiger partial charge in [-0.25, -0.2) is 0 Å². The van der Waals surface area contributed by atoms with Crippen LogP contribution >= 0.6 is 34.7 Å². The number of thiophene rings is 1. The molecule has 1 rings (SSSR count). The van der Waals surface area contributed by atoms with Crippen LogP contribution in [0.15, 0.2) is 12.1 Å². The third-order valence-corrected chi connectivity index (χ3v) is 4.52. The summed E-state index contributed by atoms with van der Waals surface area (Å²) in [5.74, 6) is 1.30. The van der Waals surface area contributed by atoms with Gasteiger partial charge in [0.1, 0.15) is 0 Å². The highest BCUT2D eigenvalue weighted by Crippen LogP contribution is 2.24. The standard InChI is InChI=1S/C12H18ClNO3S2/c13-11-3-2-10(19-11)8-18-9-12(16)14-4-1-6-17-7-5-15/h2-3,15H,1,4-9H2,(H,14,16). The van der Waals surface area contributed by atoms with Crippen LogP contribution in [0, 0.1) is 0 Å². The first-order chi connectivity index (χ1) is 9.22. The summed E-state index contributed by atoms with van der Waals surface area (Å²) in [6.07, 6.45) is 0.761. The predicted octanol–water partition coefficient (Wildman–Crippen LogP) is 2.15. The number of amides is 1. The molecule has 0 aromatic carbocycles. The molecule has 0 aliphatic carbocycles. The van der Waals surface area contributed by atoms with Gasteiger partial charge in [-0.3, -0.25) is 4.79 Å². The summed E-state index contributed by atoms with van der Waals surface area (Å²) in [5.41, 5.74) is 0. The number of hydrogen-bond acceptors (Lipinski definition) is 5. The van der Waals surface area contributed by atoms with E-state index in [1.807, 2.05) is 12.1 Å². The van der Waals surface area contributed by atoms with Gasteiger partial charge in [0.2, 0.25) is 5.91 Å². The molecule has 108 valence electrons. The molecule has 0 unspecified atom stereocenters. The van der Waals surface area contributed by atoms with Gasteiger partial charge in [0.05, 0.1) is 23.3 Å². The van der Waals surface area contributed by atoms with Gasteiger partial charge in [0, 0.05) is 23.8 Å². The molecule has 1 aromatic heterocycles. The summed E-state index contributed by atoms with van der Waals surface area (Å²) >= 11 is 8.94. The van der Waals surface area contributed by atoms with Crippen LogP contribution in [-0.2, 0) is 15.3 Å². The average Bonchev–Trinajstić information content (AvgIpc) is 2.79. The number of thioether (sulfide) groups is 1. The number of hydrogen-bond donors (Lipinski definition) is 2. The van der Waals surface area contributed by atoms with Gasteiger partial charge in [-0.1, -0.05) is 11.6 Å². The molecule has 0 fully saturated rings. The molecule has 0 saturated heterocycles. The molecule has 0 aliphatic rings. The summed E-state index contributed by atoms with van der Waals surface area (Å²) < 4.78 is 5.87. The summed E-state index contributed by atoms with van der Waals surface area (Å²) in [6.45, 7) is 1.56. The van der Waals surface area contributed by atoms with Crippen molar-refractivity contribution in [3.05, 3.63) is 21.3 Å². The smallest absolute Gasteiger partial charge is 0.230 e. The quantitative estimate of drug-likeness (QED) is 0.648. The number of rotatable bonds is 10. The number of carbonyl (C=O) groups is 1. The van der Waals surface area contributed by atoms with Crippen molar-refractivity contribution in [3.63, 3.8) is 0 Å². The highest BCUT2D eigenvalue weighted by molar-refractivity contribution is 7.99. The monoisotopic (exact) mass is 323 g/mol. The van der Waals surface area contributed by atoms with Gasteiger partial charge in [0.25, 0.3) is 0 Å². The maximum Gasteiger partial charge on any atom is 0.230 e. The zero-order valence-corrected chi connectivity index (χ0v) is 13.0. The molecule has 0 aliphatic heterocycles. The zero-order valence-electron chi connectivity index (χ0n) is 10.6. The third-order valence-electron chi connectivity index (χ3n) is 2.13. The highest BCUT2D eigenvalue weighted by atomic mass is 35.5. The van der Waals surface area contributed by atoms with E-state index in [0.717, 1.165) is 16.5 Å². The lowest BCUT2D eigenvalue weighted by Gasteiger charge is -2.05. The van der Waals surface area contributed by atoms with Crippen LogP contribution in [0.25, 0.3) is 0 Å². The fraction of sp³-hybridized carbons (Fsp3) is 0.583. The normalized spacial score (nSPS) is 10.6. The third kappa shape index (κ3) is 8.49. The van der Waals surface area contributed by atoms with Gasteiger partial charge < -0.3 is 15.2 Å². The summed E-state index contributed by atoms with van der Waals surface area (Å²) in [4.78, 5) is 12.7. The number of carbonyl (C=O) groups excluding carboxylic acids is 1. The molecule has 4 nitrogen and oxygen atoms in total. The molecule has 7 heteroatoms. The van der Waals surface area contributed by atoms with Crippen LogP contribution in [0.1, 0.15) is 11.3 Å². The Balaban J connectivity index is 1.96. The molecule has 19 heavy (non-hydrogen) atoms. The first-order valence-electron chi connectivity index (χ1n) is 5.99. The molecule has 1 heterocycles. The van der Waals surface area contributed by atoms with E-state index in [9.17, 15) is 4.79 Å². The summed E-state index contributed by atoms with van der Waals surface area (Å²) in [7, 11) is 0. The highest BCUT2D eigenvalue weighted by Gasteiger charge is 2.03.